The van der Waals surface area contributed by atoms with E-state index in [1.807, 2.05) is 17.5 Å². The van der Waals surface area contributed by atoms with Gasteiger partial charge in [0.05, 0.1) is 32.7 Å². The minimum absolute atomic E-state index is 0.592. The predicted octanol–water partition coefficient (Wildman–Crippen LogP) is 5.68. The zero-order chi connectivity index (χ0) is 21.5. The second kappa shape index (κ2) is 10.1. The van der Waals surface area contributed by atoms with E-state index in [9.17, 15) is 0 Å². The second-order valence-electron chi connectivity index (χ2n) is 6.83. The number of hydrogen-bond donors (Lipinski definition) is 1. The van der Waals surface area contributed by atoms with Crippen molar-refractivity contribution in [1.29, 1.82) is 0 Å². The molecule has 0 aliphatic carbocycles. The Morgan fingerprint density at radius 1 is 1.10 bits per heavy atom. The quantitative estimate of drug-likeness (QED) is 0.353. The highest BCUT2D eigenvalue weighted by Gasteiger charge is 2.13. The molecule has 0 spiro atoms. The van der Waals surface area contributed by atoms with Crippen molar-refractivity contribution in [3.63, 3.8) is 0 Å². The van der Waals surface area contributed by atoms with E-state index in [0.717, 1.165) is 28.4 Å². The lowest BCUT2D eigenvalue weighted by Crippen LogP contribution is -2.01. The monoisotopic (exact) mass is 425 g/mol. The van der Waals surface area contributed by atoms with E-state index in [2.05, 4.69) is 54.5 Å². The third kappa shape index (κ3) is 5.10. The van der Waals surface area contributed by atoms with Gasteiger partial charge in [0.1, 0.15) is 0 Å². The molecule has 0 saturated carbocycles. The van der Waals surface area contributed by atoms with Gasteiger partial charge in [0.25, 0.3) is 0 Å². The fourth-order valence-electron chi connectivity index (χ4n) is 3.03. The highest BCUT2D eigenvalue weighted by molar-refractivity contribution is 7.14. The first kappa shape index (κ1) is 21.6. The molecule has 0 radical (unpaired) electrons. The summed E-state index contributed by atoms with van der Waals surface area (Å²) in [6, 6.07) is 10.1. The molecular weight excluding hydrogens is 398 g/mol. The van der Waals surface area contributed by atoms with Crippen molar-refractivity contribution in [2.75, 3.05) is 26.3 Å². The van der Waals surface area contributed by atoms with E-state index < -0.39 is 0 Å². The van der Waals surface area contributed by atoms with Crippen molar-refractivity contribution in [1.82, 2.24) is 4.98 Å². The van der Waals surface area contributed by atoms with Crippen LogP contribution >= 0.6 is 11.3 Å². The average Bonchev–Trinajstić information content (AvgIpc) is 3.20. The van der Waals surface area contributed by atoms with Crippen LogP contribution in [0.2, 0.25) is 0 Å². The molecule has 0 unspecified atom stereocenters. The van der Waals surface area contributed by atoms with E-state index in [-0.39, 0.29) is 0 Å². The molecule has 1 heterocycles. The van der Waals surface area contributed by atoms with Crippen LogP contribution in [0, 0.1) is 13.8 Å². The Bertz CT molecular complexity index is 1010. The van der Waals surface area contributed by atoms with Crippen molar-refractivity contribution in [2.24, 2.45) is 5.10 Å². The Balaban J connectivity index is 1.74. The van der Waals surface area contributed by atoms with Crippen LogP contribution in [0.25, 0.3) is 11.3 Å². The molecule has 6 nitrogen and oxygen atoms in total. The van der Waals surface area contributed by atoms with E-state index in [4.69, 9.17) is 14.2 Å². The van der Waals surface area contributed by atoms with Gasteiger partial charge >= 0.3 is 0 Å². The van der Waals surface area contributed by atoms with Crippen LogP contribution in [0.5, 0.6) is 17.2 Å². The van der Waals surface area contributed by atoms with Gasteiger partial charge in [0, 0.05) is 16.5 Å². The van der Waals surface area contributed by atoms with Gasteiger partial charge in [0.15, 0.2) is 11.5 Å². The van der Waals surface area contributed by atoms with Crippen molar-refractivity contribution < 1.29 is 14.2 Å². The second-order valence-corrected chi connectivity index (χ2v) is 7.69. The molecule has 0 bridgehead atoms. The summed E-state index contributed by atoms with van der Waals surface area (Å²) in [6.45, 7) is 6.83. The number of anilines is 1. The van der Waals surface area contributed by atoms with Gasteiger partial charge in [-0.3, -0.25) is 5.43 Å². The summed E-state index contributed by atoms with van der Waals surface area (Å²) in [5.74, 6) is 1.82. The zero-order valence-corrected chi connectivity index (χ0v) is 18.8. The van der Waals surface area contributed by atoms with Gasteiger partial charge in [-0.25, -0.2) is 4.98 Å². The summed E-state index contributed by atoms with van der Waals surface area (Å²) in [6.07, 6.45) is 2.60. The molecule has 3 aromatic rings. The number of benzene rings is 2. The molecule has 30 heavy (non-hydrogen) atoms. The first-order valence-electron chi connectivity index (χ1n) is 9.76. The molecule has 0 aliphatic rings. The molecule has 0 aliphatic heterocycles. The first-order valence-corrected chi connectivity index (χ1v) is 10.6. The number of hydrazone groups is 1. The lowest BCUT2D eigenvalue weighted by molar-refractivity contribution is 0.275. The van der Waals surface area contributed by atoms with Crippen LogP contribution in [0.3, 0.4) is 0 Å². The van der Waals surface area contributed by atoms with Crippen LogP contribution in [-0.2, 0) is 0 Å². The molecule has 0 amide bonds. The summed E-state index contributed by atoms with van der Waals surface area (Å²) in [4.78, 5) is 4.64. The number of methoxy groups -OCH3 is 2. The van der Waals surface area contributed by atoms with Crippen LogP contribution in [-0.4, -0.2) is 32.0 Å². The van der Waals surface area contributed by atoms with E-state index in [0.29, 0.717) is 23.9 Å². The summed E-state index contributed by atoms with van der Waals surface area (Å²) in [5, 5.41) is 7.07. The Morgan fingerprint density at radius 3 is 2.47 bits per heavy atom. The van der Waals surface area contributed by atoms with Gasteiger partial charge in [-0.05, 0) is 38.0 Å². The lowest BCUT2D eigenvalue weighted by Gasteiger charge is -2.14. The number of nitrogens with one attached hydrogen (secondary N) is 1. The number of thiazole rings is 1. The van der Waals surface area contributed by atoms with Crippen LogP contribution in [0.4, 0.5) is 5.13 Å². The largest absolute Gasteiger partial charge is 0.493 e. The zero-order valence-electron chi connectivity index (χ0n) is 18.0. The molecule has 3 rings (SSSR count). The lowest BCUT2D eigenvalue weighted by atomic mass is 10.0. The third-order valence-electron chi connectivity index (χ3n) is 4.47. The fraction of sp³-hybridized carbons (Fsp3) is 0.304. The van der Waals surface area contributed by atoms with Crippen molar-refractivity contribution >= 4 is 22.7 Å². The van der Waals surface area contributed by atoms with Gasteiger partial charge in [0.2, 0.25) is 10.9 Å². The average molecular weight is 426 g/mol. The van der Waals surface area contributed by atoms with Gasteiger partial charge < -0.3 is 14.2 Å². The molecule has 2 aromatic carbocycles. The van der Waals surface area contributed by atoms with E-state index >= 15 is 0 Å². The maximum Gasteiger partial charge on any atom is 0.203 e. The molecule has 1 aromatic heterocycles. The van der Waals surface area contributed by atoms with Crippen LogP contribution < -0.4 is 19.6 Å². The molecule has 0 fully saturated rings. The summed E-state index contributed by atoms with van der Waals surface area (Å²) in [5.41, 5.74) is 8.35. The SMILES string of the molecule is CCCOc1c(OC)cc(/C=N\Nc2nc(-c3ccc(C)cc3C)cs2)cc1OC. The van der Waals surface area contributed by atoms with Gasteiger partial charge in [-0.15, -0.1) is 11.3 Å². The molecule has 158 valence electrons. The standard InChI is InChI=1S/C23H27N3O3S/c1-6-9-29-22-20(27-4)11-17(12-21(22)28-5)13-24-26-23-25-19(14-30-23)18-8-7-15(2)10-16(18)3/h7-8,10-14H,6,9H2,1-5H3,(H,25,26)/b24-13-. The number of hydrogen-bond acceptors (Lipinski definition) is 7. The predicted molar refractivity (Wildman–Crippen MR) is 124 cm³/mol. The van der Waals surface area contributed by atoms with E-state index in [1.165, 1.54) is 22.5 Å². The summed E-state index contributed by atoms with van der Waals surface area (Å²) >= 11 is 1.51. The van der Waals surface area contributed by atoms with Gasteiger partial charge in [-0.2, -0.15) is 5.10 Å². The molecule has 1 N–H and O–H groups in total. The first-order chi connectivity index (χ1) is 14.5. The highest BCUT2D eigenvalue weighted by Crippen LogP contribution is 2.38. The number of ether oxygens (including phenoxy) is 3. The normalized spacial score (nSPS) is 11.0. The summed E-state index contributed by atoms with van der Waals surface area (Å²) < 4.78 is 16.7. The Labute approximate surface area is 181 Å². The Kier molecular flexibility index (Phi) is 7.30. The van der Waals surface area contributed by atoms with Crippen molar-refractivity contribution in [2.45, 2.75) is 27.2 Å². The number of rotatable bonds is 9. The smallest absolute Gasteiger partial charge is 0.203 e. The van der Waals surface area contributed by atoms with Crippen molar-refractivity contribution in [3.05, 3.63) is 52.4 Å². The molecular formula is C23H27N3O3S. The molecule has 0 atom stereocenters. The van der Waals surface area contributed by atoms with Gasteiger partial charge in [-0.1, -0.05) is 30.7 Å². The Morgan fingerprint density at radius 2 is 1.83 bits per heavy atom. The third-order valence-corrected chi connectivity index (χ3v) is 5.22. The minimum atomic E-state index is 0.592. The van der Waals surface area contributed by atoms with E-state index in [1.54, 1.807) is 20.4 Å². The number of aromatic nitrogens is 1. The number of nitrogens with zero attached hydrogens (tertiary/aromatic N) is 2. The molecule has 7 heteroatoms. The topological polar surface area (TPSA) is 65.0 Å². The Hall–Kier alpha value is -3.06. The van der Waals surface area contributed by atoms with Crippen LogP contribution in [0.15, 0.2) is 40.8 Å². The fourth-order valence-corrected chi connectivity index (χ4v) is 3.69. The maximum absolute atomic E-state index is 5.77. The molecule has 0 saturated heterocycles. The van der Waals surface area contributed by atoms with Crippen molar-refractivity contribution in [3.8, 4) is 28.5 Å². The minimum Gasteiger partial charge on any atom is -0.493 e. The number of aryl methyl sites for hydroxylation is 2. The highest BCUT2D eigenvalue weighted by atomic mass is 32.1. The van der Waals surface area contributed by atoms with Crippen LogP contribution in [0.1, 0.15) is 30.0 Å². The maximum atomic E-state index is 5.77. The summed E-state index contributed by atoms with van der Waals surface area (Å²) in [7, 11) is 3.22.